The molecule has 0 aliphatic heterocycles. The van der Waals surface area contributed by atoms with Crippen molar-refractivity contribution >= 4 is 5.91 Å². The maximum atomic E-state index is 12.5. The van der Waals surface area contributed by atoms with E-state index in [2.05, 4.69) is 21.9 Å². The van der Waals surface area contributed by atoms with Crippen LogP contribution in [0.5, 0.6) is 0 Å². The second-order valence-electron chi connectivity index (χ2n) is 4.04. The fourth-order valence-electron chi connectivity index (χ4n) is 1.56. The normalized spacial score (nSPS) is 17.1. The van der Waals surface area contributed by atoms with Gasteiger partial charge in [0.05, 0.1) is 0 Å². The van der Waals surface area contributed by atoms with Crippen molar-refractivity contribution in [3.63, 3.8) is 0 Å². The molecule has 96 valence electrons. The monoisotopic (exact) mass is 257 g/mol. The van der Waals surface area contributed by atoms with Crippen molar-refractivity contribution in [1.82, 2.24) is 15.3 Å². The lowest BCUT2D eigenvalue weighted by Gasteiger charge is -2.16. The second kappa shape index (κ2) is 4.08. The predicted octanol–water partition coefficient (Wildman–Crippen LogP) is 1.79. The molecule has 1 saturated carbocycles. The van der Waals surface area contributed by atoms with Gasteiger partial charge in [-0.05, 0) is 25.0 Å². The van der Waals surface area contributed by atoms with Crippen molar-refractivity contribution in [2.24, 2.45) is 0 Å². The number of alkyl halides is 3. The number of carbonyl (C=O) groups excluding carboxylic acids is 1. The number of nitrogens with zero attached hydrogens (tertiary/aromatic N) is 2. The van der Waals surface area contributed by atoms with E-state index in [1.165, 1.54) is 0 Å². The predicted molar refractivity (Wildman–Crippen MR) is 56.3 cm³/mol. The fraction of sp³-hybridized carbons (Fsp3) is 0.364. The Balaban J connectivity index is 2.29. The summed E-state index contributed by atoms with van der Waals surface area (Å²) in [7, 11) is 0. The quantitative estimate of drug-likeness (QED) is 0.840. The number of hydrogen-bond donors (Lipinski definition) is 1. The molecule has 1 aliphatic rings. The molecule has 4 nitrogen and oxygen atoms in total. The Morgan fingerprint density at radius 3 is 2.67 bits per heavy atom. The van der Waals surface area contributed by atoms with Crippen LogP contribution in [-0.2, 0) is 16.5 Å². The number of hydrogen-bond acceptors (Lipinski definition) is 3. The third kappa shape index (κ3) is 2.34. The van der Waals surface area contributed by atoms with E-state index in [0.29, 0.717) is 12.8 Å². The molecule has 0 aromatic carbocycles. The highest BCUT2D eigenvalue weighted by Gasteiger charge is 2.49. The zero-order valence-electron chi connectivity index (χ0n) is 9.29. The molecule has 1 amide bonds. The summed E-state index contributed by atoms with van der Waals surface area (Å²) in [6.45, 7) is 3.29. The first-order valence-electron chi connectivity index (χ1n) is 5.23. The molecule has 2 rings (SSSR count). The number of amides is 1. The Hall–Kier alpha value is -1.92. The zero-order valence-corrected chi connectivity index (χ0v) is 9.29. The molecule has 0 atom stereocenters. The molecule has 1 aliphatic carbocycles. The zero-order chi connectivity index (χ0) is 13.4. The van der Waals surface area contributed by atoms with Crippen LogP contribution in [0.1, 0.15) is 24.4 Å². The lowest BCUT2D eigenvalue weighted by atomic mass is 10.2. The van der Waals surface area contributed by atoms with Gasteiger partial charge in [-0.25, -0.2) is 9.97 Å². The third-order valence-corrected chi connectivity index (χ3v) is 2.67. The second-order valence-corrected chi connectivity index (χ2v) is 4.04. The first-order chi connectivity index (χ1) is 8.37. The van der Waals surface area contributed by atoms with Crippen LogP contribution in [-0.4, -0.2) is 15.9 Å². The first-order valence-corrected chi connectivity index (χ1v) is 5.23. The molecule has 1 N–H and O–H groups in total. The smallest absolute Gasteiger partial charge is 0.340 e. The summed E-state index contributed by atoms with van der Waals surface area (Å²) in [5, 5.41) is 2.56. The van der Waals surface area contributed by atoms with E-state index in [9.17, 15) is 18.0 Å². The van der Waals surface area contributed by atoms with Crippen molar-refractivity contribution in [3.05, 3.63) is 36.4 Å². The molecule has 1 heterocycles. The SMILES string of the molecule is C=CC(=O)NC1(c2nccc(C(F)(F)F)n2)CC1. The number of nitrogens with one attached hydrogen (secondary N) is 1. The van der Waals surface area contributed by atoms with Crippen molar-refractivity contribution < 1.29 is 18.0 Å². The minimum Gasteiger partial charge on any atom is -0.340 e. The molecule has 0 saturated heterocycles. The van der Waals surface area contributed by atoms with Gasteiger partial charge in [0, 0.05) is 6.20 Å². The molecule has 0 bridgehead atoms. The van der Waals surface area contributed by atoms with Crippen molar-refractivity contribution in [2.45, 2.75) is 24.6 Å². The third-order valence-electron chi connectivity index (χ3n) is 2.67. The van der Waals surface area contributed by atoms with Crippen molar-refractivity contribution in [1.29, 1.82) is 0 Å². The van der Waals surface area contributed by atoms with E-state index in [1.807, 2.05) is 0 Å². The minimum atomic E-state index is -4.52. The first kappa shape index (κ1) is 12.5. The van der Waals surface area contributed by atoms with Crippen LogP contribution in [0.3, 0.4) is 0 Å². The maximum absolute atomic E-state index is 12.5. The molecule has 1 aromatic rings. The number of carbonyl (C=O) groups is 1. The van der Waals surface area contributed by atoms with E-state index in [4.69, 9.17) is 0 Å². The molecule has 0 spiro atoms. The lowest BCUT2D eigenvalue weighted by molar-refractivity contribution is -0.141. The van der Waals surface area contributed by atoms with Crippen LogP contribution in [0.15, 0.2) is 24.9 Å². The average Bonchev–Trinajstić information content (AvgIpc) is 3.09. The Morgan fingerprint density at radius 1 is 1.50 bits per heavy atom. The summed E-state index contributed by atoms with van der Waals surface area (Å²) >= 11 is 0. The summed E-state index contributed by atoms with van der Waals surface area (Å²) < 4.78 is 37.5. The van der Waals surface area contributed by atoms with Crippen LogP contribution >= 0.6 is 0 Å². The van der Waals surface area contributed by atoms with E-state index < -0.39 is 23.3 Å². The van der Waals surface area contributed by atoms with E-state index >= 15 is 0 Å². The van der Waals surface area contributed by atoms with Gasteiger partial charge in [0.2, 0.25) is 5.91 Å². The van der Waals surface area contributed by atoms with Crippen molar-refractivity contribution in [2.75, 3.05) is 0 Å². The molecular formula is C11H10F3N3O. The van der Waals surface area contributed by atoms with E-state index in [1.54, 1.807) is 0 Å². The molecule has 1 aromatic heterocycles. The van der Waals surface area contributed by atoms with Gasteiger partial charge < -0.3 is 5.32 Å². The standard InChI is InChI=1S/C11H10F3N3O/c1-2-8(18)17-10(4-5-10)9-15-6-3-7(16-9)11(12,13)14/h2-3,6H,1,4-5H2,(H,17,18). The van der Waals surface area contributed by atoms with Crippen LogP contribution < -0.4 is 5.32 Å². The highest BCUT2D eigenvalue weighted by molar-refractivity contribution is 5.87. The highest BCUT2D eigenvalue weighted by atomic mass is 19.4. The number of aromatic nitrogens is 2. The van der Waals surface area contributed by atoms with Gasteiger partial charge in [0.25, 0.3) is 0 Å². The van der Waals surface area contributed by atoms with Gasteiger partial charge in [-0.2, -0.15) is 13.2 Å². The molecule has 0 radical (unpaired) electrons. The highest BCUT2D eigenvalue weighted by Crippen LogP contribution is 2.44. The lowest BCUT2D eigenvalue weighted by Crippen LogP contribution is -2.35. The maximum Gasteiger partial charge on any atom is 0.433 e. The topological polar surface area (TPSA) is 54.9 Å². The van der Waals surface area contributed by atoms with Crippen LogP contribution in [0.2, 0.25) is 0 Å². The van der Waals surface area contributed by atoms with E-state index in [-0.39, 0.29) is 5.82 Å². The summed E-state index contributed by atoms with van der Waals surface area (Å²) in [6, 6.07) is 0.800. The average molecular weight is 257 g/mol. The summed E-state index contributed by atoms with van der Waals surface area (Å²) in [5.74, 6) is -0.457. The van der Waals surface area contributed by atoms with Crippen LogP contribution in [0, 0.1) is 0 Å². The number of halogens is 3. The van der Waals surface area contributed by atoms with Gasteiger partial charge in [-0.15, -0.1) is 0 Å². The molecule has 1 fully saturated rings. The molecule has 7 heteroatoms. The largest absolute Gasteiger partial charge is 0.433 e. The van der Waals surface area contributed by atoms with Crippen LogP contribution in [0.4, 0.5) is 13.2 Å². The van der Waals surface area contributed by atoms with Gasteiger partial charge in [0.15, 0.2) is 5.82 Å². The summed E-state index contributed by atoms with van der Waals surface area (Å²) in [6.07, 6.45) is -1.36. The molecule has 18 heavy (non-hydrogen) atoms. The van der Waals surface area contributed by atoms with Gasteiger partial charge >= 0.3 is 6.18 Å². The Morgan fingerprint density at radius 2 is 2.17 bits per heavy atom. The number of rotatable bonds is 3. The fourth-order valence-corrected chi connectivity index (χ4v) is 1.56. The minimum absolute atomic E-state index is 0.00692. The van der Waals surface area contributed by atoms with Gasteiger partial charge in [-0.3, -0.25) is 4.79 Å². The van der Waals surface area contributed by atoms with Gasteiger partial charge in [0.1, 0.15) is 11.2 Å². The summed E-state index contributed by atoms with van der Waals surface area (Å²) in [5.41, 5.74) is -1.88. The molecule has 0 unspecified atom stereocenters. The summed E-state index contributed by atoms with van der Waals surface area (Å²) in [4.78, 5) is 18.5. The Bertz CT molecular complexity index is 495. The van der Waals surface area contributed by atoms with E-state index in [0.717, 1.165) is 18.3 Å². The van der Waals surface area contributed by atoms with Crippen molar-refractivity contribution in [3.8, 4) is 0 Å². The Kier molecular flexibility index (Phi) is 2.84. The Labute approximate surface area is 101 Å². The van der Waals surface area contributed by atoms with Gasteiger partial charge in [-0.1, -0.05) is 6.58 Å². The van der Waals surface area contributed by atoms with Crippen LogP contribution in [0.25, 0.3) is 0 Å². The molecular weight excluding hydrogens is 247 g/mol.